The van der Waals surface area contributed by atoms with E-state index in [4.69, 9.17) is 10.5 Å². The first-order valence-corrected chi connectivity index (χ1v) is 5.97. The van der Waals surface area contributed by atoms with Crippen molar-refractivity contribution in [3.63, 3.8) is 0 Å². The van der Waals surface area contributed by atoms with Gasteiger partial charge in [0.05, 0.1) is 31.6 Å². The van der Waals surface area contributed by atoms with Gasteiger partial charge in [-0.15, -0.1) is 0 Å². The molecule has 2 fully saturated rings. The van der Waals surface area contributed by atoms with Crippen molar-refractivity contribution in [2.75, 3.05) is 50.0 Å². The lowest BCUT2D eigenvalue weighted by Crippen LogP contribution is -2.56. The highest BCUT2D eigenvalue weighted by atomic mass is 16.5. The number of aromatic nitrogens is 2. The maximum atomic E-state index is 5.53. The molecule has 3 rings (SSSR count). The lowest BCUT2D eigenvalue weighted by Gasteiger charge is -2.42. The van der Waals surface area contributed by atoms with Gasteiger partial charge in [-0.1, -0.05) is 0 Å². The molecule has 1 aromatic heterocycles. The van der Waals surface area contributed by atoms with Crippen molar-refractivity contribution in [1.29, 1.82) is 0 Å². The van der Waals surface area contributed by atoms with Gasteiger partial charge in [-0.05, 0) is 0 Å². The van der Waals surface area contributed by atoms with Crippen LogP contribution in [-0.2, 0) is 4.74 Å². The minimum Gasteiger partial charge on any atom is -0.382 e. The maximum absolute atomic E-state index is 5.53. The third kappa shape index (κ3) is 2.18. The summed E-state index contributed by atoms with van der Waals surface area (Å²) in [6, 6.07) is 0.634. The van der Waals surface area contributed by atoms with E-state index >= 15 is 0 Å². The van der Waals surface area contributed by atoms with E-state index in [9.17, 15) is 0 Å². The highest BCUT2D eigenvalue weighted by Crippen LogP contribution is 2.17. The van der Waals surface area contributed by atoms with Gasteiger partial charge in [0.1, 0.15) is 11.6 Å². The first-order valence-electron chi connectivity index (χ1n) is 5.97. The molecule has 92 valence electrons. The van der Waals surface area contributed by atoms with Gasteiger partial charge in [0.15, 0.2) is 0 Å². The number of ether oxygens (including phenoxy) is 1. The zero-order chi connectivity index (χ0) is 11.7. The summed E-state index contributed by atoms with van der Waals surface area (Å²) in [5.74, 6) is 1.39. The predicted molar refractivity (Wildman–Crippen MR) is 64.8 cm³/mol. The zero-order valence-corrected chi connectivity index (χ0v) is 9.75. The summed E-state index contributed by atoms with van der Waals surface area (Å²) in [5, 5.41) is 0. The van der Waals surface area contributed by atoms with Crippen LogP contribution in [0.15, 0.2) is 12.4 Å². The molecule has 1 aromatic rings. The average Bonchev–Trinajstić information content (AvgIpc) is 2.29. The largest absolute Gasteiger partial charge is 0.382 e. The molecule has 17 heavy (non-hydrogen) atoms. The van der Waals surface area contributed by atoms with Crippen LogP contribution in [-0.4, -0.2) is 60.3 Å². The Kier molecular flexibility index (Phi) is 2.82. The van der Waals surface area contributed by atoms with Gasteiger partial charge >= 0.3 is 0 Å². The lowest BCUT2D eigenvalue weighted by atomic mass is 10.2. The fourth-order valence-corrected chi connectivity index (χ4v) is 2.24. The minimum atomic E-state index is 0.471. The van der Waals surface area contributed by atoms with Crippen LogP contribution in [0.3, 0.4) is 0 Å². The van der Waals surface area contributed by atoms with Crippen molar-refractivity contribution >= 4 is 11.6 Å². The number of nitrogens with two attached hydrogens (primary N) is 1. The van der Waals surface area contributed by atoms with E-state index in [1.807, 2.05) is 0 Å². The first kappa shape index (κ1) is 10.7. The SMILES string of the molecule is Nc1cnc(N2CCN(C3COC3)CC2)cn1. The molecule has 0 spiro atoms. The van der Waals surface area contributed by atoms with Crippen LogP contribution in [0.2, 0.25) is 0 Å². The van der Waals surface area contributed by atoms with Gasteiger partial charge < -0.3 is 15.4 Å². The van der Waals surface area contributed by atoms with E-state index in [1.54, 1.807) is 12.4 Å². The molecular formula is C11H17N5O. The molecule has 0 atom stereocenters. The third-order valence-electron chi connectivity index (χ3n) is 3.43. The Morgan fingerprint density at radius 3 is 2.41 bits per heavy atom. The Hall–Kier alpha value is -1.40. The monoisotopic (exact) mass is 235 g/mol. The standard InChI is InChI=1S/C11H17N5O/c12-10-5-14-11(6-13-10)16-3-1-15(2-4-16)9-7-17-8-9/h5-6,9H,1-4,7-8H2,(H2,12,13). The van der Waals surface area contributed by atoms with Crippen LogP contribution < -0.4 is 10.6 Å². The average molecular weight is 235 g/mol. The fourth-order valence-electron chi connectivity index (χ4n) is 2.24. The molecule has 3 heterocycles. The summed E-state index contributed by atoms with van der Waals surface area (Å²) in [6.07, 6.45) is 3.36. The second-order valence-corrected chi connectivity index (χ2v) is 4.51. The summed E-state index contributed by atoms with van der Waals surface area (Å²) >= 11 is 0. The van der Waals surface area contributed by atoms with Gasteiger partial charge in [0.2, 0.25) is 0 Å². The molecule has 2 saturated heterocycles. The summed E-state index contributed by atoms with van der Waals surface area (Å²) in [5.41, 5.74) is 5.53. The molecule has 0 unspecified atom stereocenters. The number of hydrogen-bond acceptors (Lipinski definition) is 6. The highest BCUT2D eigenvalue weighted by Gasteiger charge is 2.29. The van der Waals surface area contributed by atoms with E-state index < -0.39 is 0 Å². The quantitative estimate of drug-likeness (QED) is 0.751. The van der Waals surface area contributed by atoms with E-state index in [1.165, 1.54) is 0 Å². The molecule has 6 heteroatoms. The number of anilines is 2. The number of nitrogen functional groups attached to an aromatic ring is 1. The molecule has 2 aliphatic rings. The molecule has 0 radical (unpaired) electrons. The van der Waals surface area contributed by atoms with Crippen molar-refractivity contribution in [2.24, 2.45) is 0 Å². The van der Waals surface area contributed by atoms with Crippen LogP contribution in [0.1, 0.15) is 0 Å². The summed E-state index contributed by atoms with van der Waals surface area (Å²) in [4.78, 5) is 13.1. The predicted octanol–water partition coefficient (Wildman–Crippen LogP) is -0.420. The van der Waals surface area contributed by atoms with Gasteiger partial charge in [-0.25, -0.2) is 9.97 Å². The minimum absolute atomic E-state index is 0.471. The molecule has 6 nitrogen and oxygen atoms in total. The van der Waals surface area contributed by atoms with E-state index in [-0.39, 0.29) is 0 Å². The van der Waals surface area contributed by atoms with Crippen molar-refractivity contribution < 1.29 is 4.74 Å². The molecule has 0 aliphatic carbocycles. The van der Waals surface area contributed by atoms with Crippen molar-refractivity contribution in [2.45, 2.75) is 6.04 Å². The molecule has 0 aromatic carbocycles. The number of rotatable bonds is 2. The van der Waals surface area contributed by atoms with Gasteiger partial charge in [-0.3, -0.25) is 4.90 Å². The smallest absolute Gasteiger partial charge is 0.147 e. The van der Waals surface area contributed by atoms with Crippen molar-refractivity contribution in [3.8, 4) is 0 Å². The van der Waals surface area contributed by atoms with Crippen LogP contribution in [0.25, 0.3) is 0 Å². The molecule has 0 saturated carbocycles. The van der Waals surface area contributed by atoms with Gasteiger partial charge in [0, 0.05) is 26.2 Å². The Labute approximate surface area is 100 Å². The Balaban J connectivity index is 1.58. The Bertz CT molecular complexity index is 370. The van der Waals surface area contributed by atoms with Crippen LogP contribution in [0.5, 0.6) is 0 Å². The number of hydrogen-bond donors (Lipinski definition) is 1. The van der Waals surface area contributed by atoms with Crippen molar-refractivity contribution in [3.05, 3.63) is 12.4 Å². The fraction of sp³-hybridized carbons (Fsp3) is 0.636. The third-order valence-corrected chi connectivity index (χ3v) is 3.43. The lowest BCUT2D eigenvalue weighted by molar-refractivity contribution is -0.0661. The van der Waals surface area contributed by atoms with Gasteiger partial charge in [-0.2, -0.15) is 0 Å². The van der Waals surface area contributed by atoms with Crippen LogP contribution in [0, 0.1) is 0 Å². The van der Waals surface area contributed by atoms with Crippen LogP contribution >= 0.6 is 0 Å². The number of piperazine rings is 1. The second kappa shape index (κ2) is 4.46. The summed E-state index contributed by atoms with van der Waals surface area (Å²) in [6.45, 7) is 5.91. The zero-order valence-electron chi connectivity index (χ0n) is 9.75. The maximum Gasteiger partial charge on any atom is 0.147 e. The first-order chi connectivity index (χ1) is 8.33. The number of nitrogens with zero attached hydrogens (tertiary/aromatic N) is 4. The van der Waals surface area contributed by atoms with Gasteiger partial charge in [0.25, 0.3) is 0 Å². The van der Waals surface area contributed by atoms with Crippen LogP contribution in [0.4, 0.5) is 11.6 Å². The highest BCUT2D eigenvalue weighted by molar-refractivity contribution is 5.39. The normalized spacial score (nSPS) is 22.5. The summed E-state index contributed by atoms with van der Waals surface area (Å²) < 4.78 is 5.22. The topological polar surface area (TPSA) is 67.5 Å². The second-order valence-electron chi connectivity index (χ2n) is 4.51. The Morgan fingerprint density at radius 1 is 1.12 bits per heavy atom. The van der Waals surface area contributed by atoms with E-state index in [0.29, 0.717) is 11.9 Å². The molecule has 0 bridgehead atoms. The van der Waals surface area contributed by atoms with Crippen molar-refractivity contribution in [1.82, 2.24) is 14.9 Å². The van der Waals surface area contributed by atoms with E-state index in [2.05, 4.69) is 19.8 Å². The summed E-state index contributed by atoms with van der Waals surface area (Å²) in [7, 11) is 0. The molecule has 2 aliphatic heterocycles. The Morgan fingerprint density at radius 2 is 1.88 bits per heavy atom. The van der Waals surface area contributed by atoms with E-state index in [0.717, 1.165) is 45.2 Å². The molecule has 0 amide bonds. The molecule has 2 N–H and O–H groups in total. The molecular weight excluding hydrogens is 218 g/mol.